The number of hydrogen-bond acceptors (Lipinski definition) is 5. The fourth-order valence-corrected chi connectivity index (χ4v) is 3.20. The number of aliphatic hydroxyl groups excluding tert-OH is 1. The van der Waals surface area contributed by atoms with Crippen LogP contribution in [0.2, 0.25) is 0 Å². The number of aliphatic hydroxyl groups is 1. The van der Waals surface area contributed by atoms with E-state index >= 15 is 0 Å². The van der Waals surface area contributed by atoms with Gasteiger partial charge in [-0.3, -0.25) is 9.48 Å². The quantitative estimate of drug-likeness (QED) is 0.869. The fraction of sp³-hybridized carbons (Fsp3) is 0.529. The molecule has 0 aliphatic carbocycles. The molecule has 7 heteroatoms. The summed E-state index contributed by atoms with van der Waals surface area (Å²) in [5.74, 6) is 0.575. The van der Waals surface area contributed by atoms with Crippen molar-refractivity contribution in [1.82, 2.24) is 15.1 Å². The van der Waals surface area contributed by atoms with Gasteiger partial charge in [0.1, 0.15) is 18.5 Å². The van der Waals surface area contributed by atoms with E-state index < -0.39 is 0 Å². The van der Waals surface area contributed by atoms with Gasteiger partial charge in [-0.15, -0.1) is 0 Å². The lowest BCUT2D eigenvalue weighted by Gasteiger charge is -2.31. The molecule has 0 radical (unpaired) electrons. The number of carbonyl (C=O) groups is 1. The summed E-state index contributed by atoms with van der Waals surface area (Å²) in [6.45, 7) is 2.80. The summed E-state index contributed by atoms with van der Waals surface area (Å²) in [5.41, 5.74) is 1.74. The molecule has 2 atom stereocenters. The minimum Gasteiger partial charge on any atom is -0.453 e. The SMILES string of the molecule is Cc1cc(CO)oc1C(=O)NC[C@@H]1CCCO[C@H]1c1ccnn1C. The largest absolute Gasteiger partial charge is 0.453 e. The van der Waals surface area contributed by atoms with Crippen LogP contribution in [-0.4, -0.2) is 33.9 Å². The lowest BCUT2D eigenvalue weighted by Crippen LogP contribution is -2.35. The molecule has 0 spiro atoms. The molecule has 1 aliphatic rings. The molecule has 2 aromatic heterocycles. The Balaban J connectivity index is 1.66. The molecule has 1 saturated heterocycles. The Labute approximate surface area is 140 Å². The molecule has 0 bridgehead atoms. The smallest absolute Gasteiger partial charge is 0.287 e. The van der Waals surface area contributed by atoms with E-state index in [1.54, 1.807) is 19.2 Å². The third kappa shape index (κ3) is 3.37. The number of carbonyl (C=O) groups excluding carboxylic acids is 1. The first-order valence-electron chi connectivity index (χ1n) is 8.18. The minimum atomic E-state index is -0.262. The maximum absolute atomic E-state index is 12.4. The maximum atomic E-state index is 12.4. The lowest BCUT2D eigenvalue weighted by molar-refractivity contribution is -0.0317. The molecule has 1 aliphatic heterocycles. The zero-order valence-electron chi connectivity index (χ0n) is 14.0. The van der Waals surface area contributed by atoms with Gasteiger partial charge < -0.3 is 19.6 Å². The molecule has 24 heavy (non-hydrogen) atoms. The molecular formula is C17H23N3O4. The molecule has 2 N–H and O–H groups in total. The van der Waals surface area contributed by atoms with Gasteiger partial charge in [0, 0.05) is 37.9 Å². The predicted molar refractivity (Wildman–Crippen MR) is 86.3 cm³/mol. The summed E-state index contributed by atoms with van der Waals surface area (Å²) >= 11 is 0. The van der Waals surface area contributed by atoms with Crippen LogP contribution in [0.5, 0.6) is 0 Å². The zero-order chi connectivity index (χ0) is 17.1. The van der Waals surface area contributed by atoms with Gasteiger partial charge in [-0.25, -0.2) is 0 Å². The summed E-state index contributed by atoms with van der Waals surface area (Å²) in [4.78, 5) is 12.4. The Morgan fingerprint density at radius 3 is 3.04 bits per heavy atom. The molecule has 3 rings (SSSR count). The molecule has 1 fully saturated rings. The number of ether oxygens (including phenoxy) is 1. The summed E-state index contributed by atoms with van der Waals surface area (Å²) in [6.07, 6.45) is 3.64. The van der Waals surface area contributed by atoms with Crippen LogP contribution in [0, 0.1) is 12.8 Å². The van der Waals surface area contributed by atoms with Crippen molar-refractivity contribution in [2.24, 2.45) is 13.0 Å². The Morgan fingerprint density at radius 1 is 1.54 bits per heavy atom. The van der Waals surface area contributed by atoms with Crippen LogP contribution in [0.25, 0.3) is 0 Å². The average Bonchev–Trinajstić information content (AvgIpc) is 3.18. The second kappa shape index (κ2) is 7.19. The standard InChI is InChI=1S/C17H23N3O4/c1-11-8-13(10-21)24-15(11)17(22)18-9-12-4-3-7-23-16(12)14-5-6-19-20(14)2/h5-6,8,12,16,21H,3-4,7,9-10H2,1-2H3,(H,18,22)/t12-,16+/m0/s1. The Hall–Kier alpha value is -2.12. The van der Waals surface area contributed by atoms with Crippen LogP contribution in [0.4, 0.5) is 0 Å². The predicted octanol–water partition coefficient (Wildman–Crippen LogP) is 1.71. The van der Waals surface area contributed by atoms with Gasteiger partial charge in [0.05, 0.1) is 5.69 Å². The van der Waals surface area contributed by atoms with Gasteiger partial charge in [0.25, 0.3) is 5.91 Å². The number of hydrogen-bond donors (Lipinski definition) is 2. The minimum absolute atomic E-state index is 0.0720. The third-order valence-electron chi connectivity index (χ3n) is 4.45. The van der Waals surface area contributed by atoms with Crippen molar-refractivity contribution in [1.29, 1.82) is 0 Å². The van der Waals surface area contributed by atoms with Crippen LogP contribution in [0.15, 0.2) is 22.7 Å². The number of amides is 1. The van der Waals surface area contributed by atoms with Crippen molar-refractivity contribution in [3.8, 4) is 0 Å². The second-order valence-electron chi connectivity index (χ2n) is 6.17. The number of aromatic nitrogens is 2. The van der Waals surface area contributed by atoms with E-state index in [0.717, 1.165) is 30.7 Å². The molecule has 0 saturated carbocycles. The van der Waals surface area contributed by atoms with Crippen LogP contribution in [0.1, 0.15) is 46.5 Å². The van der Waals surface area contributed by atoms with E-state index in [2.05, 4.69) is 10.4 Å². The molecule has 3 heterocycles. The summed E-state index contributed by atoms with van der Waals surface area (Å²) in [7, 11) is 1.89. The Kier molecular flexibility index (Phi) is 5.01. The monoisotopic (exact) mass is 333 g/mol. The van der Waals surface area contributed by atoms with Crippen molar-refractivity contribution < 1.29 is 19.1 Å². The molecule has 7 nitrogen and oxygen atoms in total. The van der Waals surface area contributed by atoms with Crippen LogP contribution >= 0.6 is 0 Å². The van der Waals surface area contributed by atoms with Gasteiger partial charge in [-0.05, 0) is 31.9 Å². The van der Waals surface area contributed by atoms with Gasteiger partial charge in [-0.2, -0.15) is 5.10 Å². The first kappa shape index (κ1) is 16.7. The molecule has 130 valence electrons. The van der Waals surface area contributed by atoms with Gasteiger partial charge in [0.2, 0.25) is 0 Å². The topological polar surface area (TPSA) is 89.5 Å². The molecule has 1 amide bonds. The van der Waals surface area contributed by atoms with Gasteiger partial charge >= 0.3 is 0 Å². The number of rotatable bonds is 5. The highest BCUT2D eigenvalue weighted by atomic mass is 16.5. The van der Waals surface area contributed by atoms with Crippen LogP contribution < -0.4 is 5.32 Å². The average molecular weight is 333 g/mol. The van der Waals surface area contributed by atoms with E-state index in [9.17, 15) is 4.79 Å². The number of aryl methyl sites for hydroxylation is 2. The van der Waals surface area contributed by atoms with Crippen molar-refractivity contribution >= 4 is 5.91 Å². The number of furan rings is 1. The highest BCUT2D eigenvalue weighted by Gasteiger charge is 2.30. The molecular weight excluding hydrogens is 310 g/mol. The Bertz CT molecular complexity index is 707. The zero-order valence-corrected chi connectivity index (χ0v) is 14.0. The third-order valence-corrected chi connectivity index (χ3v) is 4.45. The highest BCUT2D eigenvalue weighted by Crippen LogP contribution is 2.32. The summed E-state index contributed by atoms with van der Waals surface area (Å²) < 4.78 is 13.1. The van der Waals surface area contributed by atoms with Crippen molar-refractivity contribution in [3.05, 3.63) is 41.1 Å². The van der Waals surface area contributed by atoms with Crippen molar-refractivity contribution in [3.63, 3.8) is 0 Å². The second-order valence-corrected chi connectivity index (χ2v) is 6.17. The fourth-order valence-electron chi connectivity index (χ4n) is 3.20. The van der Waals surface area contributed by atoms with E-state index in [1.165, 1.54) is 0 Å². The van der Waals surface area contributed by atoms with Crippen molar-refractivity contribution in [2.75, 3.05) is 13.2 Å². The van der Waals surface area contributed by atoms with E-state index in [4.69, 9.17) is 14.3 Å². The normalized spacial score (nSPS) is 21.0. The van der Waals surface area contributed by atoms with E-state index in [0.29, 0.717) is 12.3 Å². The van der Waals surface area contributed by atoms with E-state index in [1.807, 2.05) is 17.8 Å². The summed E-state index contributed by atoms with van der Waals surface area (Å²) in [6, 6.07) is 3.63. The molecule has 0 unspecified atom stereocenters. The lowest BCUT2D eigenvalue weighted by atomic mass is 9.92. The van der Waals surface area contributed by atoms with E-state index in [-0.39, 0.29) is 30.3 Å². The number of nitrogens with one attached hydrogen (secondary N) is 1. The maximum Gasteiger partial charge on any atom is 0.287 e. The van der Waals surface area contributed by atoms with Crippen LogP contribution in [-0.2, 0) is 18.4 Å². The summed E-state index contributed by atoms with van der Waals surface area (Å²) in [5, 5.41) is 16.2. The first-order valence-corrected chi connectivity index (χ1v) is 8.18. The molecule has 0 aromatic carbocycles. The first-order chi connectivity index (χ1) is 11.6. The van der Waals surface area contributed by atoms with Gasteiger partial charge in [0.15, 0.2) is 5.76 Å². The van der Waals surface area contributed by atoms with Crippen LogP contribution in [0.3, 0.4) is 0 Å². The van der Waals surface area contributed by atoms with Crippen molar-refractivity contribution in [2.45, 2.75) is 32.5 Å². The number of nitrogens with zero attached hydrogens (tertiary/aromatic N) is 2. The molecule has 2 aromatic rings. The van der Waals surface area contributed by atoms with Gasteiger partial charge in [-0.1, -0.05) is 0 Å². The highest BCUT2D eigenvalue weighted by molar-refractivity contribution is 5.92. The Morgan fingerprint density at radius 2 is 2.38 bits per heavy atom.